The Labute approximate surface area is 130 Å². The number of hydrogen-bond donors (Lipinski definition) is 0. The molecule has 1 aliphatic heterocycles. The molecule has 2 aliphatic rings. The Morgan fingerprint density at radius 3 is 2.35 bits per heavy atom. The van der Waals surface area contributed by atoms with Crippen molar-refractivity contribution in [1.82, 2.24) is 4.31 Å². The topological polar surface area (TPSA) is 37.4 Å². The monoisotopic (exact) mass is 333 g/mol. The van der Waals surface area contributed by atoms with Crippen molar-refractivity contribution in [2.75, 3.05) is 13.1 Å². The lowest BCUT2D eigenvalue weighted by molar-refractivity contribution is 0.160. The lowest BCUT2D eigenvalue weighted by Crippen LogP contribution is -2.41. The summed E-state index contributed by atoms with van der Waals surface area (Å²) in [5, 5.41) is 0. The van der Waals surface area contributed by atoms with Gasteiger partial charge in [0.1, 0.15) is 4.21 Å². The molecular formula is C14H20ClNO2S2. The van der Waals surface area contributed by atoms with Crippen LogP contribution in [0.3, 0.4) is 0 Å². The van der Waals surface area contributed by atoms with Crippen molar-refractivity contribution in [3.63, 3.8) is 0 Å². The van der Waals surface area contributed by atoms with Gasteiger partial charge in [0.15, 0.2) is 0 Å². The molecule has 1 aliphatic carbocycles. The summed E-state index contributed by atoms with van der Waals surface area (Å²) in [4.78, 5) is 0.912. The van der Waals surface area contributed by atoms with Crippen LogP contribution < -0.4 is 0 Å². The fourth-order valence-electron chi connectivity index (χ4n) is 3.52. The lowest BCUT2D eigenvalue weighted by atomic mass is 9.78. The number of thiophene rings is 1. The molecule has 0 unspecified atom stereocenters. The maximum atomic E-state index is 12.6. The van der Waals surface area contributed by atoms with E-state index in [-0.39, 0.29) is 0 Å². The molecule has 0 radical (unpaired) electrons. The van der Waals surface area contributed by atoms with Gasteiger partial charge in [0.25, 0.3) is 10.0 Å². The third kappa shape index (κ3) is 2.65. The van der Waals surface area contributed by atoms with Crippen molar-refractivity contribution in [2.45, 2.75) is 48.6 Å². The van der Waals surface area contributed by atoms with Gasteiger partial charge in [0.05, 0.1) is 5.88 Å². The Morgan fingerprint density at radius 2 is 1.80 bits per heavy atom. The highest BCUT2D eigenvalue weighted by Gasteiger charge is 2.40. The van der Waals surface area contributed by atoms with Crippen LogP contribution in [-0.2, 0) is 15.9 Å². The van der Waals surface area contributed by atoms with Gasteiger partial charge in [-0.25, -0.2) is 8.42 Å². The van der Waals surface area contributed by atoms with E-state index in [1.807, 2.05) is 6.07 Å². The molecule has 2 fully saturated rings. The number of alkyl halides is 1. The zero-order valence-electron chi connectivity index (χ0n) is 11.5. The maximum absolute atomic E-state index is 12.6. The van der Waals surface area contributed by atoms with Crippen LogP contribution in [0.25, 0.3) is 0 Å². The van der Waals surface area contributed by atoms with Crippen molar-refractivity contribution in [2.24, 2.45) is 5.41 Å². The molecule has 112 valence electrons. The minimum atomic E-state index is -3.30. The van der Waals surface area contributed by atoms with Crippen LogP contribution in [0.15, 0.2) is 16.3 Å². The largest absolute Gasteiger partial charge is 0.252 e. The van der Waals surface area contributed by atoms with Gasteiger partial charge in [-0.05, 0) is 43.2 Å². The van der Waals surface area contributed by atoms with Crippen LogP contribution in [0.2, 0.25) is 0 Å². The van der Waals surface area contributed by atoms with Crippen LogP contribution in [0, 0.1) is 5.41 Å². The molecule has 2 heterocycles. The van der Waals surface area contributed by atoms with E-state index in [9.17, 15) is 8.42 Å². The predicted octanol–water partition coefficient (Wildman–Crippen LogP) is 3.83. The van der Waals surface area contributed by atoms with Crippen molar-refractivity contribution >= 4 is 33.0 Å². The van der Waals surface area contributed by atoms with Gasteiger partial charge in [-0.1, -0.05) is 12.8 Å². The molecule has 1 saturated carbocycles. The molecule has 20 heavy (non-hydrogen) atoms. The molecule has 1 saturated heterocycles. The minimum Gasteiger partial charge on any atom is -0.206 e. The molecule has 3 nitrogen and oxygen atoms in total. The number of rotatable bonds is 3. The van der Waals surface area contributed by atoms with Crippen LogP contribution >= 0.6 is 22.9 Å². The second-order valence-corrected chi connectivity index (χ2v) is 9.57. The van der Waals surface area contributed by atoms with Gasteiger partial charge in [0.2, 0.25) is 0 Å². The van der Waals surface area contributed by atoms with Crippen LogP contribution in [0.4, 0.5) is 0 Å². The summed E-state index contributed by atoms with van der Waals surface area (Å²) >= 11 is 7.06. The minimum absolute atomic E-state index is 0.378. The molecule has 0 amide bonds. The third-order valence-corrected chi connectivity index (χ3v) is 8.71. The quantitative estimate of drug-likeness (QED) is 0.788. The fraction of sp³-hybridized carbons (Fsp3) is 0.714. The summed E-state index contributed by atoms with van der Waals surface area (Å²) in [6.45, 7) is 1.35. The SMILES string of the molecule is O=S(=O)(c1ccc(CCl)s1)N1CCC2(CCCC2)CC1. The average Bonchev–Trinajstić information content (AvgIpc) is 3.09. The van der Waals surface area contributed by atoms with Crippen molar-refractivity contribution in [1.29, 1.82) is 0 Å². The van der Waals surface area contributed by atoms with E-state index in [2.05, 4.69) is 0 Å². The lowest BCUT2D eigenvalue weighted by Gasteiger charge is -2.38. The fourth-order valence-corrected chi connectivity index (χ4v) is 6.58. The average molecular weight is 334 g/mol. The first-order valence-corrected chi connectivity index (χ1v) is 10.00. The highest BCUT2D eigenvalue weighted by molar-refractivity contribution is 7.91. The van der Waals surface area contributed by atoms with Crippen LogP contribution in [-0.4, -0.2) is 25.8 Å². The first-order chi connectivity index (χ1) is 9.56. The van der Waals surface area contributed by atoms with Crippen molar-refractivity contribution in [3.05, 3.63) is 17.0 Å². The molecule has 3 rings (SSSR count). The molecule has 1 aromatic rings. The summed E-state index contributed by atoms with van der Waals surface area (Å²) in [5.41, 5.74) is 0.447. The Morgan fingerprint density at radius 1 is 1.15 bits per heavy atom. The number of nitrogens with zero attached hydrogens (tertiary/aromatic N) is 1. The van der Waals surface area contributed by atoms with Gasteiger partial charge in [-0.15, -0.1) is 22.9 Å². The standard InChI is InChI=1S/C14H20ClNO2S2/c15-11-12-3-4-13(19-12)20(17,18)16-9-7-14(8-10-16)5-1-2-6-14/h3-4H,1-2,5-11H2. The molecule has 0 atom stereocenters. The number of piperidine rings is 1. The van der Waals surface area contributed by atoms with Gasteiger partial charge < -0.3 is 0 Å². The summed E-state index contributed by atoms with van der Waals surface area (Å²) in [5.74, 6) is 0.378. The van der Waals surface area contributed by atoms with Crippen molar-refractivity contribution < 1.29 is 8.42 Å². The van der Waals surface area contributed by atoms with Gasteiger partial charge in [0, 0.05) is 18.0 Å². The molecule has 0 bridgehead atoms. The highest BCUT2D eigenvalue weighted by atomic mass is 35.5. The zero-order chi connectivity index (χ0) is 14.2. The first kappa shape index (κ1) is 14.8. The van der Waals surface area contributed by atoms with E-state index in [0.29, 0.717) is 28.6 Å². The number of halogens is 1. The second kappa shape index (κ2) is 5.59. The van der Waals surface area contributed by atoms with Gasteiger partial charge in [-0.3, -0.25) is 0 Å². The van der Waals surface area contributed by atoms with E-state index in [1.54, 1.807) is 10.4 Å². The zero-order valence-corrected chi connectivity index (χ0v) is 13.9. The van der Waals surface area contributed by atoms with E-state index in [0.717, 1.165) is 17.7 Å². The Bertz CT molecular complexity index is 566. The molecule has 6 heteroatoms. The maximum Gasteiger partial charge on any atom is 0.252 e. The highest BCUT2D eigenvalue weighted by Crippen LogP contribution is 2.46. The molecule has 0 N–H and O–H groups in total. The molecule has 1 spiro atoms. The van der Waals surface area contributed by atoms with E-state index >= 15 is 0 Å². The van der Waals surface area contributed by atoms with E-state index in [4.69, 9.17) is 11.6 Å². The van der Waals surface area contributed by atoms with Gasteiger partial charge >= 0.3 is 0 Å². The van der Waals surface area contributed by atoms with Crippen LogP contribution in [0.1, 0.15) is 43.4 Å². The molecular weight excluding hydrogens is 314 g/mol. The normalized spacial score (nSPS) is 23.4. The van der Waals surface area contributed by atoms with E-state index < -0.39 is 10.0 Å². The van der Waals surface area contributed by atoms with Crippen molar-refractivity contribution in [3.8, 4) is 0 Å². The number of sulfonamides is 1. The van der Waals surface area contributed by atoms with Gasteiger partial charge in [-0.2, -0.15) is 4.31 Å². The smallest absolute Gasteiger partial charge is 0.206 e. The molecule has 0 aromatic carbocycles. The van der Waals surface area contributed by atoms with E-state index in [1.165, 1.54) is 37.0 Å². The third-order valence-electron chi connectivity index (χ3n) is 4.81. The Kier molecular flexibility index (Phi) is 4.15. The number of hydrogen-bond acceptors (Lipinski definition) is 3. The summed E-state index contributed by atoms with van der Waals surface area (Å²) < 4.78 is 27.3. The second-order valence-electron chi connectivity index (χ2n) is 5.97. The predicted molar refractivity (Wildman–Crippen MR) is 82.8 cm³/mol. The summed E-state index contributed by atoms with van der Waals surface area (Å²) in [7, 11) is -3.30. The summed E-state index contributed by atoms with van der Waals surface area (Å²) in [6, 6.07) is 3.50. The first-order valence-electron chi connectivity index (χ1n) is 7.21. The Hall–Kier alpha value is -0.100. The Balaban J connectivity index is 1.73. The van der Waals surface area contributed by atoms with Crippen LogP contribution in [0.5, 0.6) is 0 Å². The molecule has 1 aromatic heterocycles. The summed E-state index contributed by atoms with van der Waals surface area (Å²) in [6.07, 6.45) is 7.26.